The van der Waals surface area contributed by atoms with Crippen LogP contribution in [0, 0.1) is 5.92 Å². The van der Waals surface area contributed by atoms with Gasteiger partial charge in [-0.2, -0.15) is 0 Å². The third-order valence-corrected chi connectivity index (χ3v) is 4.77. The van der Waals surface area contributed by atoms with Gasteiger partial charge in [-0.15, -0.1) is 6.58 Å². The zero-order valence-electron chi connectivity index (χ0n) is 14.8. The van der Waals surface area contributed by atoms with Gasteiger partial charge in [-0.1, -0.05) is 51.0 Å². The van der Waals surface area contributed by atoms with Crippen molar-refractivity contribution < 1.29 is 9.59 Å². The highest BCUT2D eigenvalue weighted by Gasteiger charge is 2.23. The van der Waals surface area contributed by atoms with Crippen LogP contribution in [-0.2, 0) is 9.59 Å². The number of hydrogen-bond acceptors (Lipinski definition) is 2. The van der Waals surface area contributed by atoms with Crippen molar-refractivity contribution in [2.24, 2.45) is 5.92 Å². The van der Waals surface area contributed by atoms with Crippen LogP contribution in [0.2, 0.25) is 0 Å². The normalized spacial score (nSPS) is 18.3. The predicted molar refractivity (Wildman–Crippen MR) is 96.3 cm³/mol. The molecule has 1 aliphatic rings. The van der Waals surface area contributed by atoms with Crippen LogP contribution in [0.1, 0.15) is 89.9 Å². The summed E-state index contributed by atoms with van der Waals surface area (Å²) in [4.78, 5) is 23.7. The minimum Gasteiger partial charge on any atom is -0.356 e. The fourth-order valence-corrected chi connectivity index (χ4v) is 3.28. The molecule has 0 aliphatic carbocycles. The van der Waals surface area contributed by atoms with Crippen LogP contribution < -0.4 is 5.32 Å². The summed E-state index contributed by atoms with van der Waals surface area (Å²) in [5.41, 5.74) is 0. The highest BCUT2D eigenvalue weighted by atomic mass is 16.2. The van der Waals surface area contributed by atoms with Crippen molar-refractivity contribution in [2.45, 2.75) is 89.9 Å². The molecule has 1 N–H and O–H groups in total. The van der Waals surface area contributed by atoms with Gasteiger partial charge in [0.1, 0.15) is 5.78 Å². The van der Waals surface area contributed by atoms with Crippen LogP contribution in [0.3, 0.4) is 0 Å². The first-order valence-corrected chi connectivity index (χ1v) is 9.64. The SMILES string of the molecule is C=CCCCCCCCCCCCC(=O)C1CCCNC(=O)C1. The van der Waals surface area contributed by atoms with Crippen LogP contribution in [0.15, 0.2) is 12.7 Å². The molecular weight excluding hydrogens is 286 g/mol. The number of carbonyl (C=O) groups excluding carboxylic acids is 2. The molecule has 1 amide bonds. The Labute approximate surface area is 142 Å². The van der Waals surface area contributed by atoms with E-state index in [0.717, 1.165) is 38.6 Å². The van der Waals surface area contributed by atoms with E-state index in [1.165, 1.54) is 44.9 Å². The lowest BCUT2D eigenvalue weighted by atomic mass is 9.92. The van der Waals surface area contributed by atoms with Crippen LogP contribution in [0.5, 0.6) is 0 Å². The average Bonchev–Trinajstić information content (AvgIpc) is 2.77. The number of ketones is 1. The average molecular weight is 322 g/mol. The van der Waals surface area contributed by atoms with E-state index >= 15 is 0 Å². The summed E-state index contributed by atoms with van der Waals surface area (Å²) in [6, 6.07) is 0. The third-order valence-electron chi connectivity index (χ3n) is 4.77. The van der Waals surface area contributed by atoms with Gasteiger partial charge in [0.05, 0.1) is 0 Å². The Morgan fingerprint density at radius 1 is 1.04 bits per heavy atom. The molecule has 0 spiro atoms. The molecule has 3 heteroatoms. The maximum atomic E-state index is 12.2. The second-order valence-electron chi connectivity index (χ2n) is 6.87. The fourth-order valence-electron chi connectivity index (χ4n) is 3.28. The number of allylic oxidation sites excluding steroid dienone is 1. The second-order valence-corrected chi connectivity index (χ2v) is 6.87. The summed E-state index contributed by atoms with van der Waals surface area (Å²) in [5, 5.41) is 2.85. The molecule has 0 saturated carbocycles. The van der Waals surface area contributed by atoms with Gasteiger partial charge in [-0.3, -0.25) is 9.59 Å². The first kappa shape index (κ1) is 19.9. The topological polar surface area (TPSA) is 46.2 Å². The fraction of sp³-hybridized carbons (Fsp3) is 0.800. The van der Waals surface area contributed by atoms with Gasteiger partial charge in [0.2, 0.25) is 5.91 Å². The summed E-state index contributed by atoms with van der Waals surface area (Å²) in [6.07, 6.45) is 17.3. The van der Waals surface area contributed by atoms with Gasteiger partial charge in [0.15, 0.2) is 0 Å². The molecular formula is C20H35NO2. The molecule has 132 valence electrons. The van der Waals surface area contributed by atoms with E-state index in [1.807, 2.05) is 6.08 Å². The third kappa shape index (κ3) is 10.3. The summed E-state index contributed by atoms with van der Waals surface area (Å²) >= 11 is 0. The van der Waals surface area contributed by atoms with Crippen molar-refractivity contribution in [3.8, 4) is 0 Å². The lowest BCUT2D eigenvalue weighted by Crippen LogP contribution is -2.24. The largest absolute Gasteiger partial charge is 0.356 e. The highest BCUT2D eigenvalue weighted by Crippen LogP contribution is 2.19. The monoisotopic (exact) mass is 321 g/mol. The quantitative estimate of drug-likeness (QED) is 0.385. The Bertz CT molecular complexity index is 352. The zero-order valence-corrected chi connectivity index (χ0v) is 14.8. The van der Waals surface area contributed by atoms with Crippen LogP contribution >= 0.6 is 0 Å². The first-order chi connectivity index (χ1) is 11.2. The van der Waals surface area contributed by atoms with Crippen molar-refractivity contribution >= 4 is 11.7 Å². The van der Waals surface area contributed by atoms with Crippen molar-refractivity contribution in [3.05, 3.63) is 12.7 Å². The molecule has 1 rings (SSSR count). The molecule has 1 heterocycles. The first-order valence-electron chi connectivity index (χ1n) is 9.64. The number of amides is 1. The maximum absolute atomic E-state index is 12.2. The molecule has 1 atom stereocenters. The van der Waals surface area contributed by atoms with Gasteiger partial charge in [0.25, 0.3) is 0 Å². The van der Waals surface area contributed by atoms with E-state index in [4.69, 9.17) is 0 Å². The molecule has 0 aromatic heterocycles. The van der Waals surface area contributed by atoms with E-state index in [0.29, 0.717) is 18.6 Å². The number of rotatable bonds is 13. The number of hydrogen-bond donors (Lipinski definition) is 1. The van der Waals surface area contributed by atoms with Gasteiger partial charge in [-0.05, 0) is 32.1 Å². The Balaban J connectivity index is 1.93. The Morgan fingerprint density at radius 2 is 1.65 bits per heavy atom. The minimum atomic E-state index is -0.0203. The molecule has 0 bridgehead atoms. The number of unbranched alkanes of at least 4 members (excludes halogenated alkanes) is 9. The summed E-state index contributed by atoms with van der Waals surface area (Å²) in [6.45, 7) is 4.48. The molecule has 0 radical (unpaired) electrons. The lowest BCUT2D eigenvalue weighted by Gasteiger charge is -2.11. The molecule has 1 saturated heterocycles. The summed E-state index contributed by atoms with van der Waals surface area (Å²) in [5.74, 6) is 0.339. The molecule has 1 fully saturated rings. The standard InChI is InChI=1S/C20H35NO2/c1-2-3-4-5-6-7-8-9-10-11-12-15-19(22)18-14-13-16-21-20(23)17-18/h2,18H,1,3-17H2,(H,21,23). The van der Waals surface area contributed by atoms with Crippen LogP contribution in [0.4, 0.5) is 0 Å². The molecule has 1 unspecified atom stereocenters. The molecule has 0 aromatic rings. The van der Waals surface area contributed by atoms with E-state index < -0.39 is 0 Å². The van der Waals surface area contributed by atoms with E-state index in [2.05, 4.69) is 11.9 Å². The molecule has 23 heavy (non-hydrogen) atoms. The van der Waals surface area contributed by atoms with Crippen molar-refractivity contribution in [1.29, 1.82) is 0 Å². The van der Waals surface area contributed by atoms with Crippen molar-refractivity contribution in [1.82, 2.24) is 5.32 Å². The van der Waals surface area contributed by atoms with Gasteiger partial charge in [0, 0.05) is 25.3 Å². The van der Waals surface area contributed by atoms with Gasteiger partial charge in [-0.25, -0.2) is 0 Å². The van der Waals surface area contributed by atoms with Gasteiger partial charge >= 0.3 is 0 Å². The van der Waals surface area contributed by atoms with Crippen LogP contribution in [0.25, 0.3) is 0 Å². The van der Waals surface area contributed by atoms with Crippen molar-refractivity contribution in [2.75, 3.05) is 6.54 Å². The van der Waals surface area contributed by atoms with Gasteiger partial charge < -0.3 is 5.32 Å². The van der Waals surface area contributed by atoms with Crippen molar-refractivity contribution in [3.63, 3.8) is 0 Å². The van der Waals surface area contributed by atoms with Crippen LogP contribution in [-0.4, -0.2) is 18.2 Å². The second kappa shape index (κ2) is 13.3. The smallest absolute Gasteiger partial charge is 0.220 e. The number of Topliss-reactive ketones (excluding diaryl/α,β-unsaturated/α-hetero) is 1. The Hall–Kier alpha value is -1.12. The number of carbonyl (C=O) groups is 2. The lowest BCUT2D eigenvalue weighted by molar-refractivity contribution is -0.128. The summed E-state index contributed by atoms with van der Waals surface area (Å²) < 4.78 is 0. The maximum Gasteiger partial charge on any atom is 0.220 e. The Morgan fingerprint density at radius 3 is 2.30 bits per heavy atom. The summed E-state index contributed by atoms with van der Waals surface area (Å²) in [7, 11) is 0. The van der Waals surface area contributed by atoms with E-state index in [9.17, 15) is 9.59 Å². The molecule has 0 aromatic carbocycles. The Kier molecular flexibility index (Phi) is 11.5. The van der Waals surface area contributed by atoms with E-state index in [-0.39, 0.29) is 11.8 Å². The van der Waals surface area contributed by atoms with E-state index in [1.54, 1.807) is 0 Å². The molecule has 1 aliphatic heterocycles. The molecule has 3 nitrogen and oxygen atoms in total. The highest BCUT2D eigenvalue weighted by molar-refractivity contribution is 5.87. The number of nitrogens with one attached hydrogen (secondary N) is 1. The zero-order chi connectivity index (χ0) is 16.8. The predicted octanol–water partition coefficient (Wildman–Crippen LogP) is 4.95. The minimum absolute atomic E-state index is 0.0203.